The summed E-state index contributed by atoms with van der Waals surface area (Å²) in [6.07, 6.45) is 3.99. The first kappa shape index (κ1) is 21.6. The molecule has 0 aliphatic rings. The zero-order chi connectivity index (χ0) is 21.7. The van der Waals surface area contributed by atoms with Gasteiger partial charge in [-0.25, -0.2) is 0 Å². The first-order chi connectivity index (χ1) is 14.3. The number of benzene rings is 1. The Morgan fingerprint density at radius 2 is 2.03 bits per heavy atom. The first-order valence-electron chi connectivity index (χ1n) is 9.71. The van der Waals surface area contributed by atoms with E-state index in [9.17, 15) is 9.59 Å². The van der Waals surface area contributed by atoms with E-state index in [0.717, 1.165) is 23.5 Å². The molecule has 1 N–H and O–H groups in total. The predicted octanol–water partition coefficient (Wildman–Crippen LogP) is 3.93. The van der Waals surface area contributed by atoms with Crippen LogP contribution in [0, 0.1) is 6.92 Å². The van der Waals surface area contributed by atoms with Gasteiger partial charge in [0.25, 0.3) is 5.91 Å². The Balaban J connectivity index is 2.15. The summed E-state index contributed by atoms with van der Waals surface area (Å²) in [6.45, 7) is 7.85. The lowest BCUT2D eigenvalue weighted by molar-refractivity contribution is -0.124. The van der Waals surface area contributed by atoms with E-state index in [1.165, 1.54) is 4.90 Å². The summed E-state index contributed by atoms with van der Waals surface area (Å²) in [5.74, 6) is -0.680. The van der Waals surface area contributed by atoms with Gasteiger partial charge in [-0.2, -0.15) is 0 Å². The Morgan fingerprint density at radius 1 is 1.23 bits per heavy atom. The van der Waals surface area contributed by atoms with Crippen molar-refractivity contribution in [3.05, 3.63) is 71.0 Å². The van der Waals surface area contributed by atoms with Gasteiger partial charge in [0.2, 0.25) is 5.91 Å². The van der Waals surface area contributed by atoms with Crippen LogP contribution in [0.15, 0.2) is 54.2 Å². The Kier molecular flexibility index (Phi) is 6.56. The van der Waals surface area contributed by atoms with Gasteiger partial charge in [-0.15, -0.1) is 5.10 Å². The van der Waals surface area contributed by atoms with Crippen molar-refractivity contribution < 1.29 is 9.59 Å². The van der Waals surface area contributed by atoms with Crippen molar-refractivity contribution in [1.29, 1.82) is 0 Å². The van der Waals surface area contributed by atoms with Crippen molar-refractivity contribution in [3.63, 3.8) is 0 Å². The molecule has 156 valence electrons. The van der Waals surface area contributed by atoms with Gasteiger partial charge in [0.05, 0.1) is 0 Å². The van der Waals surface area contributed by atoms with Crippen LogP contribution < -0.4 is 10.2 Å². The third-order valence-electron chi connectivity index (χ3n) is 4.93. The second-order valence-corrected chi connectivity index (χ2v) is 8.33. The molecule has 30 heavy (non-hydrogen) atoms. The molecule has 7 nitrogen and oxygen atoms in total. The average Bonchev–Trinajstić information content (AvgIpc) is 3.26. The lowest BCUT2D eigenvalue weighted by Crippen LogP contribution is -2.50. The first-order valence-corrected chi connectivity index (χ1v) is 10.6. The summed E-state index contributed by atoms with van der Waals surface area (Å²) in [4.78, 5) is 32.7. The normalized spacial score (nSPS) is 12.3. The van der Waals surface area contributed by atoms with Crippen LogP contribution in [0.2, 0.25) is 0 Å². The monoisotopic (exact) mass is 423 g/mol. The summed E-state index contributed by atoms with van der Waals surface area (Å²) < 4.78 is 3.82. The molecule has 0 aliphatic heterocycles. The Bertz CT molecular complexity index is 1010. The highest BCUT2D eigenvalue weighted by atomic mass is 32.1. The molecule has 0 aliphatic carbocycles. The van der Waals surface area contributed by atoms with Gasteiger partial charge < -0.3 is 5.32 Å². The number of anilines is 1. The Hall–Kier alpha value is -3.13. The smallest absolute Gasteiger partial charge is 0.280 e. The van der Waals surface area contributed by atoms with Crippen molar-refractivity contribution >= 4 is 29.0 Å². The molecule has 0 saturated carbocycles. The summed E-state index contributed by atoms with van der Waals surface area (Å²) >= 11 is 1.09. The van der Waals surface area contributed by atoms with Gasteiger partial charge in [0, 0.05) is 34.6 Å². The molecule has 1 aromatic carbocycles. The van der Waals surface area contributed by atoms with Crippen LogP contribution in [0.25, 0.3) is 0 Å². The SMILES string of the molecule is CCC(C)(C)NC(=O)[C@H](c1cccnc1)N(C(=O)c1csnn1)c1cccc(C)c1. The van der Waals surface area contributed by atoms with E-state index in [1.54, 1.807) is 29.9 Å². The van der Waals surface area contributed by atoms with Gasteiger partial charge >= 0.3 is 0 Å². The van der Waals surface area contributed by atoms with Crippen molar-refractivity contribution in [3.8, 4) is 0 Å². The maximum absolute atomic E-state index is 13.5. The standard InChI is InChI=1S/C22H25N5O2S/c1-5-22(3,4)24-20(28)19(16-9-7-11-23-13-16)27(17-10-6-8-15(2)12-17)21(29)18-14-30-26-25-18/h6-14,19H,5H2,1-4H3,(H,24,28)/t19-/m0/s1. The lowest BCUT2D eigenvalue weighted by atomic mass is 9.98. The van der Waals surface area contributed by atoms with E-state index in [0.29, 0.717) is 11.3 Å². The van der Waals surface area contributed by atoms with Crippen LogP contribution in [0.3, 0.4) is 0 Å². The van der Waals surface area contributed by atoms with Crippen LogP contribution in [0.4, 0.5) is 5.69 Å². The Morgan fingerprint density at radius 3 is 2.63 bits per heavy atom. The molecule has 0 saturated heterocycles. The van der Waals surface area contributed by atoms with E-state index in [1.807, 2.05) is 52.0 Å². The second kappa shape index (κ2) is 9.13. The molecule has 0 bridgehead atoms. The minimum atomic E-state index is -0.916. The highest BCUT2D eigenvalue weighted by molar-refractivity contribution is 7.03. The largest absolute Gasteiger partial charge is 0.349 e. The van der Waals surface area contributed by atoms with Crippen LogP contribution >= 0.6 is 11.5 Å². The quantitative estimate of drug-likeness (QED) is 0.622. The average molecular weight is 424 g/mol. The maximum Gasteiger partial charge on any atom is 0.280 e. The molecule has 1 atom stereocenters. The van der Waals surface area contributed by atoms with Crippen molar-refractivity contribution in [2.45, 2.75) is 45.7 Å². The number of nitrogens with zero attached hydrogens (tertiary/aromatic N) is 4. The van der Waals surface area contributed by atoms with Gasteiger partial charge in [-0.1, -0.05) is 29.6 Å². The molecule has 8 heteroatoms. The minimum absolute atomic E-state index is 0.193. The molecule has 2 amide bonds. The highest BCUT2D eigenvalue weighted by Gasteiger charge is 2.36. The molecule has 0 fully saturated rings. The number of hydrogen-bond donors (Lipinski definition) is 1. The van der Waals surface area contributed by atoms with Gasteiger partial charge in [0.1, 0.15) is 6.04 Å². The van der Waals surface area contributed by atoms with E-state index >= 15 is 0 Å². The highest BCUT2D eigenvalue weighted by Crippen LogP contribution is 2.30. The number of pyridine rings is 1. The fourth-order valence-corrected chi connectivity index (χ4v) is 3.42. The summed E-state index contributed by atoms with van der Waals surface area (Å²) in [5.41, 5.74) is 1.95. The Labute approximate surface area is 180 Å². The molecule has 0 radical (unpaired) electrons. The van der Waals surface area contributed by atoms with Crippen LogP contribution in [-0.4, -0.2) is 31.9 Å². The number of carbonyl (C=O) groups excluding carboxylic acids is 2. The number of aryl methyl sites for hydroxylation is 1. The van der Waals surface area contributed by atoms with E-state index < -0.39 is 17.5 Å². The number of hydrogen-bond acceptors (Lipinski definition) is 6. The van der Waals surface area contributed by atoms with Crippen LogP contribution in [0.5, 0.6) is 0 Å². The van der Waals surface area contributed by atoms with Crippen molar-refractivity contribution in [2.75, 3.05) is 4.90 Å². The number of amides is 2. The molecule has 2 heterocycles. The van der Waals surface area contributed by atoms with Gasteiger partial charge in [0.15, 0.2) is 5.69 Å². The molecule has 3 aromatic rings. The van der Waals surface area contributed by atoms with Crippen molar-refractivity contribution in [2.24, 2.45) is 0 Å². The molecule has 3 rings (SSSR count). The number of rotatable bonds is 7. The zero-order valence-corrected chi connectivity index (χ0v) is 18.3. The third-order valence-corrected chi connectivity index (χ3v) is 5.43. The third kappa shape index (κ3) is 4.88. The second-order valence-electron chi connectivity index (χ2n) is 7.72. The zero-order valence-electron chi connectivity index (χ0n) is 17.5. The fourth-order valence-electron chi connectivity index (χ4n) is 2.99. The minimum Gasteiger partial charge on any atom is -0.349 e. The van der Waals surface area contributed by atoms with E-state index in [2.05, 4.69) is 19.9 Å². The summed E-state index contributed by atoms with van der Waals surface area (Å²) in [5, 5.41) is 8.60. The number of nitrogens with one attached hydrogen (secondary N) is 1. The molecular weight excluding hydrogens is 398 g/mol. The molecule has 0 unspecified atom stereocenters. The summed E-state index contributed by atoms with van der Waals surface area (Å²) in [7, 11) is 0. The number of carbonyl (C=O) groups is 2. The topological polar surface area (TPSA) is 88.1 Å². The molecular formula is C22H25N5O2S. The maximum atomic E-state index is 13.5. The van der Waals surface area contributed by atoms with Gasteiger partial charge in [-0.05, 0) is 62.5 Å². The van der Waals surface area contributed by atoms with E-state index in [-0.39, 0.29) is 11.6 Å². The fraction of sp³-hybridized carbons (Fsp3) is 0.318. The lowest BCUT2D eigenvalue weighted by Gasteiger charge is -2.34. The van der Waals surface area contributed by atoms with Crippen LogP contribution in [0.1, 0.15) is 54.8 Å². The van der Waals surface area contributed by atoms with Crippen LogP contribution in [-0.2, 0) is 4.79 Å². The predicted molar refractivity (Wildman–Crippen MR) is 117 cm³/mol. The van der Waals surface area contributed by atoms with E-state index in [4.69, 9.17) is 0 Å². The molecule has 2 aromatic heterocycles. The molecule has 0 spiro atoms. The van der Waals surface area contributed by atoms with Gasteiger partial charge in [-0.3, -0.25) is 19.5 Å². The van der Waals surface area contributed by atoms with Crippen molar-refractivity contribution in [1.82, 2.24) is 19.9 Å². The summed E-state index contributed by atoms with van der Waals surface area (Å²) in [6, 6.07) is 10.1. The number of aromatic nitrogens is 3.